The highest BCUT2D eigenvalue weighted by Gasteiger charge is 2.07. The van der Waals surface area contributed by atoms with Gasteiger partial charge in [0.2, 0.25) is 5.28 Å². The van der Waals surface area contributed by atoms with Crippen molar-refractivity contribution in [2.75, 3.05) is 25.6 Å². The molecule has 1 aromatic carbocycles. The van der Waals surface area contributed by atoms with Crippen molar-refractivity contribution in [3.05, 3.63) is 29.5 Å². The van der Waals surface area contributed by atoms with Crippen LogP contribution in [0.3, 0.4) is 0 Å². The van der Waals surface area contributed by atoms with Gasteiger partial charge in [0.05, 0.1) is 12.1 Å². The Morgan fingerprint density at radius 2 is 2.11 bits per heavy atom. The van der Waals surface area contributed by atoms with E-state index in [0.717, 1.165) is 23.3 Å². The minimum Gasteiger partial charge on any atom is -0.384 e. The smallest absolute Gasteiger partial charge is 0.224 e. The fraction of sp³-hybridized carbons (Fsp3) is 0.385. The maximum atomic E-state index is 5.91. The van der Waals surface area contributed by atoms with E-state index in [4.69, 9.17) is 16.3 Å². The summed E-state index contributed by atoms with van der Waals surface area (Å²) in [5, 5.41) is 4.54. The first-order chi connectivity index (χ1) is 8.70. The van der Waals surface area contributed by atoms with Gasteiger partial charge in [-0.3, -0.25) is 0 Å². The highest BCUT2D eigenvalue weighted by Crippen LogP contribution is 2.21. The SMILES string of the molecule is COCC(C)CNc1nc(Cl)nc2ccccc12. The van der Waals surface area contributed by atoms with E-state index in [1.165, 1.54) is 0 Å². The number of halogens is 1. The number of nitrogens with zero attached hydrogens (tertiary/aromatic N) is 2. The quantitative estimate of drug-likeness (QED) is 0.845. The number of nitrogens with one attached hydrogen (secondary N) is 1. The third-order valence-corrected chi connectivity index (χ3v) is 2.81. The molecular weight excluding hydrogens is 250 g/mol. The molecule has 18 heavy (non-hydrogen) atoms. The average Bonchev–Trinajstić information content (AvgIpc) is 2.36. The lowest BCUT2D eigenvalue weighted by Crippen LogP contribution is -2.16. The third-order valence-electron chi connectivity index (χ3n) is 2.65. The molecule has 0 aliphatic heterocycles. The summed E-state index contributed by atoms with van der Waals surface area (Å²) in [6.07, 6.45) is 0. The van der Waals surface area contributed by atoms with Crippen molar-refractivity contribution in [1.29, 1.82) is 0 Å². The second-order valence-electron chi connectivity index (χ2n) is 4.30. The Labute approximate surface area is 111 Å². The molecule has 1 aromatic heterocycles. The molecule has 96 valence electrons. The van der Waals surface area contributed by atoms with Crippen molar-refractivity contribution >= 4 is 28.3 Å². The van der Waals surface area contributed by atoms with Gasteiger partial charge in [0.1, 0.15) is 5.82 Å². The molecule has 0 amide bonds. The Hall–Kier alpha value is -1.39. The summed E-state index contributed by atoms with van der Waals surface area (Å²) in [7, 11) is 1.70. The zero-order valence-electron chi connectivity index (χ0n) is 10.5. The molecule has 0 aliphatic rings. The first-order valence-corrected chi connectivity index (χ1v) is 6.23. The van der Waals surface area contributed by atoms with Crippen molar-refractivity contribution in [3.63, 3.8) is 0 Å². The van der Waals surface area contributed by atoms with Gasteiger partial charge < -0.3 is 10.1 Å². The summed E-state index contributed by atoms with van der Waals surface area (Å²) in [5.41, 5.74) is 0.847. The molecule has 2 rings (SSSR count). The summed E-state index contributed by atoms with van der Waals surface area (Å²) < 4.78 is 5.10. The molecule has 0 radical (unpaired) electrons. The van der Waals surface area contributed by atoms with Gasteiger partial charge in [-0.2, -0.15) is 0 Å². The predicted molar refractivity (Wildman–Crippen MR) is 74.1 cm³/mol. The van der Waals surface area contributed by atoms with Crippen molar-refractivity contribution in [3.8, 4) is 0 Å². The van der Waals surface area contributed by atoms with E-state index < -0.39 is 0 Å². The van der Waals surface area contributed by atoms with Crippen LogP contribution in [0.5, 0.6) is 0 Å². The first kappa shape index (κ1) is 13.1. The predicted octanol–water partition coefficient (Wildman–Crippen LogP) is 2.98. The van der Waals surface area contributed by atoms with Crippen LogP contribution in [-0.2, 0) is 4.74 Å². The van der Waals surface area contributed by atoms with Crippen LogP contribution in [0.1, 0.15) is 6.92 Å². The number of anilines is 1. The van der Waals surface area contributed by atoms with Crippen molar-refractivity contribution in [2.24, 2.45) is 5.92 Å². The van der Waals surface area contributed by atoms with Crippen LogP contribution in [0.25, 0.3) is 10.9 Å². The molecule has 1 atom stereocenters. The largest absolute Gasteiger partial charge is 0.384 e. The third kappa shape index (κ3) is 3.09. The van der Waals surface area contributed by atoms with Crippen LogP contribution < -0.4 is 5.32 Å². The second kappa shape index (κ2) is 5.98. The molecule has 1 N–H and O–H groups in total. The molecule has 1 unspecified atom stereocenters. The summed E-state index contributed by atoms with van der Waals surface area (Å²) in [5.74, 6) is 1.18. The maximum absolute atomic E-state index is 5.91. The molecule has 0 saturated carbocycles. The normalized spacial score (nSPS) is 12.6. The summed E-state index contributed by atoms with van der Waals surface area (Å²) in [4.78, 5) is 8.43. The molecule has 0 bridgehead atoms. The molecule has 5 heteroatoms. The van der Waals surface area contributed by atoms with Crippen LogP contribution in [0.4, 0.5) is 5.82 Å². The molecule has 1 heterocycles. The zero-order chi connectivity index (χ0) is 13.0. The molecular formula is C13H16ClN3O. The Bertz CT molecular complexity index is 533. The molecule has 2 aromatic rings. The van der Waals surface area contributed by atoms with Gasteiger partial charge in [-0.1, -0.05) is 19.1 Å². The molecule has 0 fully saturated rings. The van der Waals surface area contributed by atoms with Gasteiger partial charge in [0.15, 0.2) is 0 Å². The fourth-order valence-corrected chi connectivity index (χ4v) is 1.97. The number of aromatic nitrogens is 2. The molecule has 0 spiro atoms. The summed E-state index contributed by atoms with van der Waals surface area (Å²) in [6.45, 7) is 3.61. The van der Waals surface area contributed by atoms with Crippen LogP contribution in [0, 0.1) is 5.92 Å². The number of para-hydroxylation sites is 1. The van der Waals surface area contributed by atoms with Crippen LogP contribution in [0.2, 0.25) is 5.28 Å². The molecule has 0 aliphatic carbocycles. The summed E-state index contributed by atoms with van der Waals surface area (Å²) >= 11 is 5.91. The van der Waals surface area contributed by atoms with E-state index in [2.05, 4.69) is 22.2 Å². The Balaban J connectivity index is 2.21. The van der Waals surface area contributed by atoms with Gasteiger partial charge in [0.25, 0.3) is 0 Å². The highest BCUT2D eigenvalue weighted by atomic mass is 35.5. The van der Waals surface area contributed by atoms with E-state index >= 15 is 0 Å². The lowest BCUT2D eigenvalue weighted by Gasteiger charge is -2.13. The van der Waals surface area contributed by atoms with Gasteiger partial charge in [-0.15, -0.1) is 0 Å². The lowest BCUT2D eigenvalue weighted by atomic mass is 10.2. The van der Waals surface area contributed by atoms with E-state index in [1.54, 1.807) is 7.11 Å². The number of fused-ring (bicyclic) bond motifs is 1. The van der Waals surface area contributed by atoms with Crippen molar-refractivity contribution < 1.29 is 4.74 Å². The molecule has 0 saturated heterocycles. The van der Waals surface area contributed by atoms with Gasteiger partial charge >= 0.3 is 0 Å². The number of ether oxygens (including phenoxy) is 1. The number of hydrogen-bond acceptors (Lipinski definition) is 4. The highest BCUT2D eigenvalue weighted by molar-refractivity contribution is 6.28. The van der Waals surface area contributed by atoms with Gasteiger partial charge in [-0.25, -0.2) is 9.97 Å². The number of rotatable bonds is 5. The minimum absolute atomic E-state index is 0.260. The van der Waals surface area contributed by atoms with Crippen molar-refractivity contribution in [2.45, 2.75) is 6.92 Å². The monoisotopic (exact) mass is 265 g/mol. The number of benzene rings is 1. The summed E-state index contributed by atoms with van der Waals surface area (Å²) in [6, 6.07) is 7.80. The first-order valence-electron chi connectivity index (χ1n) is 5.86. The van der Waals surface area contributed by atoms with E-state index in [1.807, 2.05) is 24.3 Å². The van der Waals surface area contributed by atoms with Crippen molar-refractivity contribution in [1.82, 2.24) is 9.97 Å². The standard InChI is InChI=1S/C13H16ClN3O/c1-9(8-18-2)7-15-12-10-5-3-4-6-11(10)16-13(14)17-12/h3-6,9H,7-8H2,1-2H3,(H,15,16,17). The topological polar surface area (TPSA) is 47.0 Å². The minimum atomic E-state index is 0.260. The van der Waals surface area contributed by atoms with Crippen LogP contribution >= 0.6 is 11.6 Å². The van der Waals surface area contributed by atoms with E-state index in [9.17, 15) is 0 Å². The maximum Gasteiger partial charge on any atom is 0.224 e. The lowest BCUT2D eigenvalue weighted by molar-refractivity contribution is 0.164. The van der Waals surface area contributed by atoms with Crippen LogP contribution in [0.15, 0.2) is 24.3 Å². The number of hydrogen-bond donors (Lipinski definition) is 1. The zero-order valence-corrected chi connectivity index (χ0v) is 11.2. The average molecular weight is 266 g/mol. The van der Waals surface area contributed by atoms with Gasteiger partial charge in [-0.05, 0) is 29.7 Å². The second-order valence-corrected chi connectivity index (χ2v) is 4.64. The van der Waals surface area contributed by atoms with E-state index in [0.29, 0.717) is 12.5 Å². The van der Waals surface area contributed by atoms with E-state index in [-0.39, 0.29) is 5.28 Å². The van der Waals surface area contributed by atoms with Crippen LogP contribution in [-0.4, -0.2) is 30.2 Å². The Morgan fingerprint density at radius 1 is 1.33 bits per heavy atom. The van der Waals surface area contributed by atoms with Gasteiger partial charge in [0, 0.05) is 19.0 Å². The fourth-order valence-electron chi connectivity index (χ4n) is 1.80. The Morgan fingerprint density at radius 3 is 2.89 bits per heavy atom. The number of methoxy groups -OCH3 is 1. The Kier molecular flexibility index (Phi) is 4.33. The molecule has 4 nitrogen and oxygen atoms in total.